The first-order valence-corrected chi connectivity index (χ1v) is 12.1. The van der Waals surface area contributed by atoms with Crippen molar-refractivity contribution in [2.75, 3.05) is 23.4 Å². The van der Waals surface area contributed by atoms with E-state index in [2.05, 4.69) is 5.32 Å². The molecule has 0 radical (unpaired) electrons. The van der Waals surface area contributed by atoms with Crippen molar-refractivity contribution < 1.29 is 29.0 Å². The first-order valence-electron chi connectivity index (χ1n) is 12.1. The lowest BCUT2D eigenvalue weighted by atomic mass is 10.1. The molecule has 1 unspecified atom stereocenters. The van der Waals surface area contributed by atoms with E-state index >= 15 is 0 Å². The number of amides is 2. The third-order valence-electron chi connectivity index (χ3n) is 5.93. The number of hydrogen-bond acceptors (Lipinski definition) is 6. The number of piperidine rings is 1. The number of carbonyl (C=O) groups excluding carboxylic acids is 2. The molecule has 2 amide bonds. The Balaban J connectivity index is 1.61. The van der Waals surface area contributed by atoms with Crippen molar-refractivity contribution in [3.63, 3.8) is 0 Å². The van der Waals surface area contributed by atoms with Gasteiger partial charge < -0.3 is 30.5 Å². The van der Waals surface area contributed by atoms with Gasteiger partial charge in [-0.15, -0.1) is 0 Å². The molecule has 10 heteroatoms. The van der Waals surface area contributed by atoms with E-state index in [9.17, 15) is 14.4 Å². The minimum atomic E-state index is -1.17. The van der Waals surface area contributed by atoms with Crippen molar-refractivity contribution in [3.05, 3.63) is 83.9 Å². The summed E-state index contributed by atoms with van der Waals surface area (Å²) in [4.78, 5) is 38.7. The van der Waals surface area contributed by atoms with Crippen molar-refractivity contribution in [2.45, 2.75) is 25.4 Å². The van der Waals surface area contributed by atoms with E-state index < -0.39 is 24.6 Å². The summed E-state index contributed by atoms with van der Waals surface area (Å²) in [6.45, 7) is -0.105. The molecule has 3 aromatic carbocycles. The van der Waals surface area contributed by atoms with E-state index in [4.69, 9.17) is 25.7 Å². The summed E-state index contributed by atoms with van der Waals surface area (Å²) in [5.74, 6) is -1.33. The smallest absolute Gasteiger partial charge is 0.341 e. The first-order chi connectivity index (χ1) is 18.3. The van der Waals surface area contributed by atoms with E-state index in [1.165, 1.54) is 6.07 Å². The number of carboxylic acids is 1. The van der Waals surface area contributed by atoms with Crippen LogP contribution in [0.15, 0.2) is 72.8 Å². The average Bonchev–Trinajstić information content (AvgIpc) is 2.91. The van der Waals surface area contributed by atoms with Gasteiger partial charge in [-0.3, -0.25) is 15.0 Å². The number of carbonyl (C=O) groups is 3. The van der Waals surface area contributed by atoms with Crippen molar-refractivity contribution >= 4 is 35.0 Å². The SMILES string of the molecule is N=C(N)c1cccc(OC(C(=O)Nc2ccc(N3CCCCC3=O)c(OCC(=O)O)c2)c2ccccc2)c1. The highest BCUT2D eigenvalue weighted by Gasteiger charge is 2.26. The van der Waals surface area contributed by atoms with Crippen LogP contribution in [0, 0.1) is 5.41 Å². The van der Waals surface area contributed by atoms with Gasteiger partial charge in [-0.25, -0.2) is 4.79 Å². The summed E-state index contributed by atoms with van der Waals surface area (Å²) in [6, 6.07) is 20.2. The minimum absolute atomic E-state index is 0.0708. The highest BCUT2D eigenvalue weighted by molar-refractivity contribution is 5.98. The average molecular weight is 517 g/mol. The maximum atomic E-state index is 13.4. The fraction of sp³-hybridized carbons (Fsp3) is 0.214. The van der Waals surface area contributed by atoms with Crippen LogP contribution < -0.4 is 25.4 Å². The third-order valence-corrected chi connectivity index (χ3v) is 5.93. The number of nitrogens with two attached hydrogens (primary N) is 1. The van der Waals surface area contributed by atoms with E-state index in [1.807, 2.05) is 6.07 Å². The zero-order chi connectivity index (χ0) is 27.1. The van der Waals surface area contributed by atoms with Gasteiger partial charge in [0, 0.05) is 35.8 Å². The lowest BCUT2D eigenvalue weighted by Gasteiger charge is -2.28. The Morgan fingerprint density at radius 3 is 2.55 bits per heavy atom. The molecule has 0 aromatic heterocycles. The number of anilines is 2. The molecule has 4 rings (SSSR count). The number of hydrogen-bond donors (Lipinski definition) is 4. The Kier molecular flexibility index (Phi) is 8.22. The Labute approximate surface area is 219 Å². The molecule has 196 valence electrons. The molecule has 1 saturated heterocycles. The number of nitrogens with one attached hydrogen (secondary N) is 2. The largest absolute Gasteiger partial charge is 0.480 e. The molecule has 10 nitrogen and oxygen atoms in total. The molecule has 0 bridgehead atoms. The fourth-order valence-electron chi connectivity index (χ4n) is 4.11. The van der Waals surface area contributed by atoms with Gasteiger partial charge in [-0.1, -0.05) is 42.5 Å². The second-order valence-electron chi connectivity index (χ2n) is 8.71. The fourth-order valence-corrected chi connectivity index (χ4v) is 4.11. The molecule has 0 aliphatic carbocycles. The monoisotopic (exact) mass is 516 g/mol. The van der Waals surface area contributed by atoms with Crippen molar-refractivity contribution in [1.29, 1.82) is 5.41 Å². The first kappa shape index (κ1) is 26.2. The van der Waals surface area contributed by atoms with Crippen LogP contribution in [0.2, 0.25) is 0 Å². The Hall–Kier alpha value is -4.86. The topological polar surface area (TPSA) is 155 Å². The number of rotatable bonds is 10. The number of amidine groups is 1. The van der Waals surface area contributed by atoms with E-state index in [0.717, 1.165) is 12.8 Å². The number of carboxylic acid groups (broad SMARTS) is 1. The Morgan fingerprint density at radius 2 is 1.84 bits per heavy atom. The van der Waals surface area contributed by atoms with Gasteiger partial charge in [-0.2, -0.15) is 0 Å². The predicted molar refractivity (Wildman–Crippen MR) is 142 cm³/mol. The van der Waals surface area contributed by atoms with E-state index in [0.29, 0.717) is 41.2 Å². The zero-order valence-corrected chi connectivity index (χ0v) is 20.6. The van der Waals surface area contributed by atoms with Crippen LogP contribution in [0.3, 0.4) is 0 Å². The molecular weight excluding hydrogens is 488 g/mol. The van der Waals surface area contributed by atoms with Crippen LogP contribution >= 0.6 is 0 Å². The second-order valence-corrected chi connectivity index (χ2v) is 8.71. The number of ether oxygens (including phenoxy) is 2. The molecule has 1 heterocycles. The molecule has 1 aliphatic rings. The Morgan fingerprint density at radius 1 is 1.05 bits per heavy atom. The number of aliphatic carboxylic acids is 1. The van der Waals surface area contributed by atoms with Gasteiger partial charge >= 0.3 is 5.97 Å². The lowest BCUT2D eigenvalue weighted by Crippen LogP contribution is -2.35. The molecule has 1 fully saturated rings. The molecule has 0 saturated carbocycles. The molecule has 1 aliphatic heterocycles. The van der Waals surface area contributed by atoms with Crippen LogP contribution in [0.4, 0.5) is 11.4 Å². The minimum Gasteiger partial charge on any atom is -0.480 e. The summed E-state index contributed by atoms with van der Waals surface area (Å²) >= 11 is 0. The van der Waals surface area contributed by atoms with Crippen LogP contribution in [0.5, 0.6) is 11.5 Å². The lowest BCUT2D eigenvalue weighted by molar-refractivity contribution is -0.139. The van der Waals surface area contributed by atoms with Crippen LogP contribution in [-0.4, -0.2) is 41.9 Å². The number of nitrogens with zero attached hydrogens (tertiary/aromatic N) is 1. The normalized spacial score (nSPS) is 13.9. The van der Waals surface area contributed by atoms with Gasteiger partial charge in [-0.05, 0) is 37.1 Å². The highest BCUT2D eigenvalue weighted by Crippen LogP contribution is 2.34. The van der Waals surface area contributed by atoms with Gasteiger partial charge in [0.05, 0.1) is 5.69 Å². The number of nitrogen functional groups attached to an aromatic ring is 1. The van der Waals surface area contributed by atoms with E-state index in [1.54, 1.807) is 65.6 Å². The molecule has 1 atom stereocenters. The maximum Gasteiger partial charge on any atom is 0.341 e. The van der Waals surface area contributed by atoms with Gasteiger partial charge in [0.2, 0.25) is 12.0 Å². The summed E-state index contributed by atoms with van der Waals surface area (Å²) < 4.78 is 11.5. The standard InChI is InChI=1S/C28H28N4O6/c29-27(30)19-9-6-10-21(15-19)38-26(18-7-2-1-3-8-18)28(36)31-20-12-13-22(23(16-20)37-17-25(34)35)32-14-5-4-11-24(32)33/h1-3,6-10,12-13,15-16,26H,4-5,11,14,17H2,(H3,29,30)(H,31,36)(H,34,35). The quantitative estimate of drug-likeness (QED) is 0.236. The predicted octanol–water partition coefficient (Wildman–Crippen LogP) is 3.71. The van der Waals surface area contributed by atoms with Gasteiger partial charge in [0.1, 0.15) is 17.3 Å². The molecule has 3 aromatic rings. The molecule has 5 N–H and O–H groups in total. The van der Waals surface area contributed by atoms with Crippen LogP contribution in [0.25, 0.3) is 0 Å². The summed E-state index contributed by atoms with van der Waals surface area (Å²) in [5, 5.41) is 19.6. The van der Waals surface area contributed by atoms with Crippen LogP contribution in [-0.2, 0) is 14.4 Å². The molecular formula is C28H28N4O6. The van der Waals surface area contributed by atoms with Crippen molar-refractivity contribution in [1.82, 2.24) is 0 Å². The van der Waals surface area contributed by atoms with Crippen molar-refractivity contribution in [2.24, 2.45) is 5.73 Å². The highest BCUT2D eigenvalue weighted by atomic mass is 16.5. The summed E-state index contributed by atoms with van der Waals surface area (Å²) in [5.41, 5.74) is 7.43. The van der Waals surface area contributed by atoms with Crippen molar-refractivity contribution in [3.8, 4) is 11.5 Å². The van der Waals surface area contributed by atoms with E-state index in [-0.39, 0.29) is 17.5 Å². The number of benzene rings is 3. The van der Waals surface area contributed by atoms with Gasteiger partial charge in [0.25, 0.3) is 5.91 Å². The maximum absolute atomic E-state index is 13.4. The zero-order valence-electron chi connectivity index (χ0n) is 20.6. The second kappa shape index (κ2) is 11.9. The third kappa shape index (κ3) is 6.47. The molecule has 0 spiro atoms. The summed E-state index contributed by atoms with van der Waals surface area (Å²) in [6.07, 6.45) is 0.969. The van der Waals surface area contributed by atoms with Crippen LogP contribution in [0.1, 0.15) is 36.5 Å². The van der Waals surface area contributed by atoms with Gasteiger partial charge in [0.15, 0.2) is 6.61 Å². The summed E-state index contributed by atoms with van der Waals surface area (Å²) in [7, 11) is 0. The molecule has 38 heavy (non-hydrogen) atoms. The Bertz CT molecular complexity index is 1340.